The lowest BCUT2D eigenvalue weighted by Gasteiger charge is -2.16. The van der Waals surface area contributed by atoms with Crippen molar-refractivity contribution >= 4 is 38.2 Å². The smallest absolute Gasteiger partial charge is 0.232 e. The van der Waals surface area contributed by atoms with Crippen molar-refractivity contribution in [2.24, 2.45) is 0 Å². The second-order valence-corrected chi connectivity index (χ2v) is 9.94. The molecule has 0 radical (unpaired) electrons. The standard InChI is InChI=1S/C24H21ClF2N2O3S/c1-2-11-33(31,32)29-21-10-8-19(26)22(23(21)27)24(30)18-13-28-20-9-5-15(12-17(18)20)14-3-6-16(25)7-4-14/h3-10,12-13,24,28-30H,2,11H2,1H3/t24-/m0/s1. The van der Waals surface area contributed by atoms with Crippen molar-refractivity contribution in [3.8, 4) is 11.1 Å². The Kier molecular flexibility index (Phi) is 6.43. The first kappa shape index (κ1) is 23.2. The number of H-pyrrole nitrogens is 1. The second-order valence-electron chi connectivity index (χ2n) is 7.66. The van der Waals surface area contributed by atoms with Crippen molar-refractivity contribution in [3.05, 3.63) is 88.6 Å². The summed E-state index contributed by atoms with van der Waals surface area (Å²) in [7, 11) is -3.80. The van der Waals surface area contributed by atoms with E-state index in [0.29, 0.717) is 22.3 Å². The number of hydrogen-bond acceptors (Lipinski definition) is 3. The molecule has 4 aromatic rings. The molecule has 1 heterocycles. The zero-order valence-corrected chi connectivity index (χ0v) is 19.1. The maximum absolute atomic E-state index is 15.2. The fraction of sp³-hybridized carbons (Fsp3) is 0.167. The average molecular weight is 491 g/mol. The first-order chi connectivity index (χ1) is 15.7. The van der Waals surface area contributed by atoms with Crippen LogP contribution in [0.3, 0.4) is 0 Å². The molecule has 0 saturated carbocycles. The Morgan fingerprint density at radius 2 is 1.76 bits per heavy atom. The lowest BCUT2D eigenvalue weighted by molar-refractivity contribution is 0.211. The first-order valence-corrected chi connectivity index (χ1v) is 12.3. The Hall–Kier alpha value is -2.94. The van der Waals surface area contributed by atoms with Crippen molar-refractivity contribution < 1.29 is 22.3 Å². The highest BCUT2D eigenvalue weighted by Crippen LogP contribution is 2.36. The maximum atomic E-state index is 15.2. The van der Waals surface area contributed by atoms with Gasteiger partial charge in [-0.15, -0.1) is 0 Å². The SMILES string of the molecule is CCCS(=O)(=O)Nc1ccc(F)c([C@@H](O)c2c[nH]c3ccc(-c4ccc(Cl)cc4)cc23)c1F. The van der Waals surface area contributed by atoms with Crippen molar-refractivity contribution in [1.29, 1.82) is 0 Å². The number of aliphatic hydroxyl groups excluding tert-OH is 1. The number of aromatic amines is 1. The Labute approximate surface area is 195 Å². The zero-order valence-electron chi connectivity index (χ0n) is 17.6. The van der Waals surface area contributed by atoms with Crippen LogP contribution in [0.1, 0.15) is 30.6 Å². The third-order valence-corrected chi connectivity index (χ3v) is 7.05. The van der Waals surface area contributed by atoms with Crippen LogP contribution in [0.4, 0.5) is 14.5 Å². The Balaban J connectivity index is 1.77. The Morgan fingerprint density at radius 1 is 1.06 bits per heavy atom. The average Bonchev–Trinajstić information content (AvgIpc) is 3.19. The largest absolute Gasteiger partial charge is 0.383 e. The summed E-state index contributed by atoms with van der Waals surface area (Å²) in [5.41, 5.74) is 1.58. The van der Waals surface area contributed by atoms with Crippen LogP contribution in [0.25, 0.3) is 22.0 Å². The minimum atomic E-state index is -3.80. The normalized spacial score (nSPS) is 12.8. The van der Waals surface area contributed by atoms with Gasteiger partial charge in [-0.05, 0) is 53.9 Å². The summed E-state index contributed by atoms with van der Waals surface area (Å²) < 4.78 is 56.1. The highest BCUT2D eigenvalue weighted by Gasteiger charge is 2.26. The van der Waals surface area contributed by atoms with E-state index in [9.17, 15) is 17.9 Å². The van der Waals surface area contributed by atoms with Gasteiger partial charge in [0.1, 0.15) is 11.9 Å². The molecule has 0 spiro atoms. The van der Waals surface area contributed by atoms with E-state index in [1.807, 2.05) is 18.2 Å². The molecule has 0 aliphatic rings. The molecule has 0 saturated heterocycles. The number of hydrogen-bond donors (Lipinski definition) is 3. The predicted octanol–water partition coefficient (Wildman–Crippen LogP) is 6.00. The van der Waals surface area contributed by atoms with Crippen LogP contribution in [-0.2, 0) is 10.0 Å². The van der Waals surface area contributed by atoms with Gasteiger partial charge in [-0.25, -0.2) is 17.2 Å². The van der Waals surface area contributed by atoms with E-state index >= 15 is 4.39 Å². The van der Waals surface area contributed by atoms with Crippen LogP contribution in [0, 0.1) is 11.6 Å². The molecule has 0 aliphatic carbocycles. The van der Waals surface area contributed by atoms with Crippen molar-refractivity contribution in [2.75, 3.05) is 10.5 Å². The molecule has 33 heavy (non-hydrogen) atoms. The van der Waals surface area contributed by atoms with Crippen molar-refractivity contribution in [3.63, 3.8) is 0 Å². The monoisotopic (exact) mass is 490 g/mol. The molecule has 3 aromatic carbocycles. The molecule has 0 fully saturated rings. The molecular weight excluding hydrogens is 470 g/mol. The van der Waals surface area contributed by atoms with E-state index < -0.39 is 39.0 Å². The van der Waals surface area contributed by atoms with Gasteiger partial charge in [-0.1, -0.05) is 36.7 Å². The molecule has 3 N–H and O–H groups in total. The number of anilines is 1. The fourth-order valence-electron chi connectivity index (χ4n) is 3.73. The molecule has 9 heteroatoms. The highest BCUT2D eigenvalue weighted by molar-refractivity contribution is 7.92. The third kappa shape index (κ3) is 4.73. The minimum Gasteiger partial charge on any atom is -0.383 e. The topological polar surface area (TPSA) is 82.2 Å². The highest BCUT2D eigenvalue weighted by atomic mass is 35.5. The van der Waals surface area contributed by atoms with Gasteiger partial charge in [0.15, 0.2) is 5.82 Å². The number of sulfonamides is 1. The van der Waals surface area contributed by atoms with E-state index in [4.69, 9.17) is 11.6 Å². The summed E-state index contributed by atoms with van der Waals surface area (Å²) in [5.74, 6) is -2.36. The second kappa shape index (κ2) is 9.13. The summed E-state index contributed by atoms with van der Waals surface area (Å²) in [6.45, 7) is 1.67. The van der Waals surface area contributed by atoms with Crippen LogP contribution in [0.2, 0.25) is 5.02 Å². The van der Waals surface area contributed by atoms with E-state index in [2.05, 4.69) is 9.71 Å². The lowest BCUT2D eigenvalue weighted by Crippen LogP contribution is -2.18. The summed E-state index contributed by atoms with van der Waals surface area (Å²) >= 11 is 5.96. The number of aliphatic hydroxyl groups is 1. The predicted molar refractivity (Wildman–Crippen MR) is 127 cm³/mol. The van der Waals surface area contributed by atoms with E-state index in [0.717, 1.165) is 23.3 Å². The Bertz CT molecular complexity index is 1420. The van der Waals surface area contributed by atoms with Gasteiger partial charge in [0.05, 0.1) is 17.0 Å². The molecule has 4 rings (SSSR count). The summed E-state index contributed by atoms with van der Waals surface area (Å²) in [4.78, 5) is 3.00. The quantitative estimate of drug-likeness (QED) is 0.297. The molecule has 1 aromatic heterocycles. The maximum Gasteiger partial charge on any atom is 0.232 e. The molecule has 172 valence electrons. The molecule has 5 nitrogen and oxygen atoms in total. The Morgan fingerprint density at radius 3 is 2.45 bits per heavy atom. The summed E-state index contributed by atoms with van der Waals surface area (Å²) in [5, 5.41) is 12.1. The first-order valence-electron chi connectivity index (χ1n) is 10.2. The van der Waals surface area contributed by atoms with Crippen LogP contribution in [0.15, 0.2) is 60.8 Å². The molecule has 1 atom stereocenters. The van der Waals surface area contributed by atoms with Gasteiger partial charge in [-0.2, -0.15) is 0 Å². The number of rotatable bonds is 7. The number of nitrogens with one attached hydrogen (secondary N) is 2. The zero-order chi connectivity index (χ0) is 23.8. The molecule has 0 amide bonds. The number of benzene rings is 3. The van der Waals surface area contributed by atoms with Gasteiger partial charge >= 0.3 is 0 Å². The molecular formula is C24H21ClF2N2O3S. The van der Waals surface area contributed by atoms with Crippen molar-refractivity contribution in [1.82, 2.24) is 4.98 Å². The van der Waals surface area contributed by atoms with Gasteiger partial charge in [0.25, 0.3) is 0 Å². The van der Waals surface area contributed by atoms with E-state index in [1.54, 1.807) is 31.2 Å². The number of aromatic nitrogens is 1. The van der Waals surface area contributed by atoms with Gasteiger partial charge in [-0.3, -0.25) is 4.72 Å². The van der Waals surface area contributed by atoms with Gasteiger partial charge in [0.2, 0.25) is 10.0 Å². The summed E-state index contributed by atoms with van der Waals surface area (Å²) in [6.07, 6.45) is 0.141. The van der Waals surface area contributed by atoms with Gasteiger partial charge < -0.3 is 10.1 Å². The minimum absolute atomic E-state index is 0.211. The number of halogens is 3. The number of fused-ring (bicyclic) bond motifs is 1. The van der Waals surface area contributed by atoms with Crippen LogP contribution in [0.5, 0.6) is 0 Å². The van der Waals surface area contributed by atoms with E-state index in [-0.39, 0.29) is 11.3 Å². The summed E-state index contributed by atoms with van der Waals surface area (Å²) in [6, 6.07) is 14.6. The molecule has 0 unspecified atom stereocenters. The molecule has 0 bridgehead atoms. The van der Waals surface area contributed by atoms with Crippen LogP contribution >= 0.6 is 11.6 Å². The fourth-order valence-corrected chi connectivity index (χ4v) is 4.99. The van der Waals surface area contributed by atoms with Crippen LogP contribution < -0.4 is 4.72 Å². The third-order valence-electron chi connectivity index (χ3n) is 5.32. The van der Waals surface area contributed by atoms with Crippen molar-refractivity contribution in [2.45, 2.75) is 19.4 Å². The molecule has 0 aliphatic heterocycles. The van der Waals surface area contributed by atoms with Crippen LogP contribution in [-0.4, -0.2) is 24.3 Å². The lowest BCUT2D eigenvalue weighted by atomic mass is 9.97. The van der Waals surface area contributed by atoms with Gasteiger partial charge in [0, 0.05) is 27.7 Å². The van der Waals surface area contributed by atoms with E-state index in [1.165, 1.54) is 6.20 Å².